The average Bonchev–Trinajstić information content (AvgIpc) is 2.51. The third-order valence-corrected chi connectivity index (χ3v) is 4.66. The SMILES string of the molecule is CCCCS(=O)(=O)C[C@@H](NC(=O)OCc1cccnc1)C(=O)O. The summed E-state index contributed by atoms with van der Waals surface area (Å²) in [6.45, 7) is 1.74. The summed E-state index contributed by atoms with van der Waals surface area (Å²) in [6.07, 6.45) is 3.19. The maximum Gasteiger partial charge on any atom is 0.408 e. The Morgan fingerprint density at radius 3 is 2.74 bits per heavy atom. The predicted octanol–water partition coefficient (Wildman–Crippen LogP) is 0.976. The first-order valence-electron chi connectivity index (χ1n) is 7.09. The average molecular weight is 344 g/mol. The molecular weight excluding hydrogens is 324 g/mol. The molecule has 0 saturated heterocycles. The number of hydrogen-bond acceptors (Lipinski definition) is 6. The molecule has 0 saturated carbocycles. The molecule has 1 amide bonds. The number of unbranched alkanes of at least 4 members (excludes halogenated alkanes) is 1. The summed E-state index contributed by atoms with van der Waals surface area (Å²) in [7, 11) is -3.56. The summed E-state index contributed by atoms with van der Waals surface area (Å²) in [5.74, 6) is -2.20. The molecule has 23 heavy (non-hydrogen) atoms. The first kappa shape index (κ1) is 18.9. The van der Waals surface area contributed by atoms with Crippen LogP contribution in [0, 0.1) is 0 Å². The lowest BCUT2D eigenvalue weighted by Gasteiger charge is -2.14. The van der Waals surface area contributed by atoms with E-state index in [2.05, 4.69) is 10.3 Å². The number of nitrogens with one attached hydrogen (secondary N) is 1. The minimum absolute atomic E-state index is 0.0887. The van der Waals surface area contributed by atoms with Crippen molar-refractivity contribution in [3.8, 4) is 0 Å². The number of pyridine rings is 1. The van der Waals surface area contributed by atoms with E-state index in [0.717, 1.165) is 0 Å². The number of nitrogens with zero attached hydrogens (tertiary/aromatic N) is 1. The maximum absolute atomic E-state index is 11.8. The topological polar surface area (TPSA) is 123 Å². The molecule has 0 aliphatic heterocycles. The lowest BCUT2D eigenvalue weighted by molar-refractivity contribution is -0.138. The third kappa shape index (κ3) is 7.59. The fraction of sp³-hybridized carbons (Fsp3) is 0.500. The van der Waals surface area contributed by atoms with Crippen LogP contribution in [0.25, 0.3) is 0 Å². The smallest absolute Gasteiger partial charge is 0.408 e. The number of hydrogen-bond donors (Lipinski definition) is 2. The molecule has 0 radical (unpaired) electrons. The van der Waals surface area contributed by atoms with Gasteiger partial charge in [0.25, 0.3) is 0 Å². The first-order chi connectivity index (χ1) is 10.8. The zero-order valence-electron chi connectivity index (χ0n) is 12.8. The Morgan fingerprint density at radius 1 is 1.43 bits per heavy atom. The van der Waals surface area contributed by atoms with Crippen LogP contribution in [0.5, 0.6) is 0 Å². The number of amides is 1. The number of carboxylic acids is 1. The Balaban J connectivity index is 2.55. The van der Waals surface area contributed by atoms with E-state index >= 15 is 0 Å². The summed E-state index contributed by atoms with van der Waals surface area (Å²) in [6, 6.07) is 1.81. The summed E-state index contributed by atoms with van der Waals surface area (Å²) < 4.78 is 28.5. The molecule has 1 rings (SSSR count). The summed E-state index contributed by atoms with van der Waals surface area (Å²) in [5.41, 5.74) is 0.630. The van der Waals surface area contributed by atoms with Gasteiger partial charge >= 0.3 is 12.1 Å². The molecule has 0 spiro atoms. The zero-order chi connectivity index (χ0) is 17.3. The van der Waals surface area contributed by atoms with Gasteiger partial charge in [-0.2, -0.15) is 0 Å². The predicted molar refractivity (Wildman–Crippen MR) is 82.5 cm³/mol. The van der Waals surface area contributed by atoms with Crippen molar-refractivity contribution in [3.05, 3.63) is 30.1 Å². The standard InChI is InChI=1S/C14H20N2O6S/c1-2-3-7-23(20,21)10-12(13(17)18)16-14(19)22-9-11-5-4-6-15-8-11/h4-6,8,12H,2-3,7,9-10H2,1H3,(H,16,19)(H,17,18)/t12-/m1/s1. The van der Waals surface area contributed by atoms with E-state index in [1.807, 2.05) is 6.92 Å². The van der Waals surface area contributed by atoms with Gasteiger partial charge < -0.3 is 15.2 Å². The zero-order valence-corrected chi connectivity index (χ0v) is 13.6. The fourth-order valence-corrected chi connectivity index (χ4v) is 3.32. The van der Waals surface area contributed by atoms with E-state index in [0.29, 0.717) is 18.4 Å². The normalized spacial score (nSPS) is 12.4. The van der Waals surface area contributed by atoms with Crippen molar-refractivity contribution in [1.29, 1.82) is 0 Å². The molecule has 2 N–H and O–H groups in total. The summed E-state index contributed by atoms with van der Waals surface area (Å²) in [4.78, 5) is 26.6. The van der Waals surface area contributed by atoms with Gasteiger partial charge in [0.2, 0.25) is 0 Å². The quantitative estimate of drug-likeness (QED) is 0.684. The fourth-order valence-electron chi connectivity index (χ4n) is 1.69. The molecule has 0 aliphatic carbocycles. The number of carbonyl (C=O) groups excluding carboxylic acids is 1. The van der Waals surface area contributed by atoms with Crippen LogP contribution < -0.4 is 5.32 Å². The number of aromatic nitrogens is 1. The number of carbonyl (C=O) groups is 2. The van der Waals surface area contributed by atoms with Crippen molar-refractivity contribution in [3.63, 3.8) is 0 Å². The first-order valence-corrected chi connectivity index (χ1v) is 8.91. The third-order valence-electron chi connectivity index (χ3n) is 2.91. The van der Waals surface area contributed by atoms with E-state index < -0.39 is 33.7 Å². The lowest BCUT2D eigenvalue weighted by Crippen LogP contribution is -2.45. The molecule has 0 fully saturated rings. The van der Waals surface area contributed by atoms with E-state index in [1.54, 1.807) is 18.3 Å². The maximum atomic E-state index is 11.8. The second-order valence-electron chi connectivity index (χ2n) is 4.94. The Kier molecular flexibility index (Phi) is 7.46. The summed E-state index contributed by atoms with van der Waals surface area (Å²) >= 11 is 0. The van der Waals surface area contributed by atoms with Crippen molar-refractivity contribution >= 4 is 21.9 Å². The number of carboxylic acid groups (broad SMARTS) is 1. The highest BCUT2D eigenvalue weighted by Gasteiger charge is 2.27. The van der Waals surface area contributed by atoms with Crippen LogP contribution in [0.15, 0.2) is 24.5 Å². The minimum Gasteiger partial charge on any atom is -0.480 e. The van der Waals surface area contributed by atoms with Crippen LogP contribution >= 0.6 is 0 Å². The van der Waals surface area contributed by atoms with Crippen molar-refractivity contribution in [2.45, 2.75) is 32.4 Å². The molecular formula is C14H20N2O6S. The van der Waals surface area contributed by atoms with E-state index in [4.69, 9.17) is 9.84 Å². The second-order valence-corrected chi connectivity index (χ2v) is 7.17. The molecule has 8 nitrogen and oxygen atoms in total. The van der Waals surface area contributed by atoms with Crippen LogP contribution in [0.4, 0.5) is 4.79 Å². The molecule has 9 heteroatoms. The van der Waals surface area contributed by atoms with Crippen molar-refractivity contribution in [1.82, 2.24) is 10.3 Å². The minimum atomic E-state index is -3.56. The Labute approximate surface area is 134 Å². The molecule has 0 unspecified atom stereocenters. The largest absolute Gasteiger partial charge is 0.480 e. The van der Waals surface area contributed by atoms with Gasteiger partial charge in [-0.3, -0.25) is 4.98 Å². The van der Waals surface area contributed by atoms with Crippen LogP contribution in [-0.2, 0) is 26.0 Å². The van der Waals surface area contributed by atoms with Gasteiger partial charge in [0.1, 0.15) is 12.6 Å². The highest BCUT2D eigenvalue weighted by atomic mass is 32.2. The van der Waals surface area contributed by atoms with Crippen molar-refractivity contribution < 1.29 is 27.9 Å². The molecule has 0 aliphatic rings. The van der Waals surface area contributed by atoms with Crippen LogP contribution in [0.1, 0.15) is 25.3 Å². The Bertz CT molecular complexity index is 617. The van der Waals surface area contributed by atoms with Crippen LogP contribution in [0.2, 0.25) is 0 Å². The number of alkyl carbamates (subject to hydrolysis) is 1. The number of rotatable bonds is 9. The second kappa shape index (κ2) is 9.09. The van der Waals surface area contributed by atoms with E-state index in [1.165, 1.54) is 6.20 Å². The highest BCUT2D eigenvalue weighted by molar-refractivity contribution is 7.91. The monoisotopic (exact) mass is 344 g/mol. The van der Waals surface area contributed by atoms with E-state index in [-0.39, 0.29) is 12.4 Å². The van der Waals surface area contributed by atoms with Gasteiger partial charge in [-0.25, -0.2) is 18.0 Å². The van der Waals surface area contributed by atoms with Crippen molar-refractivity contribution in [2.24, 2.45) is 0 Å². The Hall–Kier alpha value is -2.16. The van der Waals surface area contributed by atoms with Crippen LogP contribution in [0.3, 0.4) is 0 Å². The van der Waals surface area contributed by atoms with Gasteiger partial charge in [0.05, 0.1) is 11.5 Å². The molecule has 0 aromatic carbocycles. The van der Waals surface area contributed by atoms with Gasteiger partial charge in [0.15, 0.2) is 9.84 Å². The Morgan fingerprint density at radius 2 is 2.17 bits per heavy atom. The van der Waals surface area contributed by atoms with Gasteiger partial charge in [-0.15, -0.1) is 0 Å². The van der Waals surface area contributed by atoms with Gasteiger partial charge in [-0.1, -0.05) is 19.4 Å². The van der Waals surface area contributed by atoms with Gasteiger partial charge in [0, 0.05) is 18.0 Å². The number of sulfone groups is 1. The number of ether oxygens (including phenoxy) is 1. The summed E-state index contributed by atoms with van der Waals surface area (Å²) in [5, 5.41) is 11.1. The highest BCUT2D eigenvalue weighted by Crippen LogP contribution is 2.02. The van der Waals surface area contributed by atoms with E-state index in [9.17, 15) is 18.0 Å². The number of aliphatic carboxylic acids is 1. The lowest BCUT2D eigenvalue weighted by atomic mass is 10.3. The van der Waals surface area contributed by atoms with Gasteiger partial charge in [-0.05, 0) is 12.5 Å². The van der Waals surface area contributed by atoms with Crippen LogP contribution in [-0.4, -0.2) is 48.1 Å². The molecule has 1 aromatic rings. The molecule has 128 valence electrons. The molecule has 0 bridgehead atoms. The molecule has 1 aromatic heterocycles. The molecule has 1 atom stereocenters. The van der Waals surface area contributed by atoms with Crippen molar-refractivity contribution in [2.75, 3.05) is 11.5 Å². The molecule has 1 heterocycles.